The minimum atomic E-state index is -0.231. The molecule has 2 fully saturated rings. The summed E-state index contributed by atoms with van der Waals surface area (Å²) in [6, 6.07) is 2.23. The van der Waals surface area contributed by atoms with E-state index in [0.717, 1.165) is 38.8 Å². The molecular weight excluding hydrogens is 254 g/mol. The largest absolute Gasteiger partial charge is 0.381 e. The molecule has 0 spiro atoms. The van der Waals surface area contributed by atoms with Crippen molar-refractivity contribution in [3.8, 4) is 0 Å². The van der Waals surface area contributed by atoms with Gasteiger partial charge in [0.15, 0.2) is 0 Å². The van der Waals surface area contributed by atoms with Crippen LogP contribution in [0.5, 0.6) is 0 Å². The van der Waals surface area contributed by atoms with Gasteiger partial charge in [-0.2, -0.15) is 5.10 Å². The third-order valence-electron chi connectivity index (χ3n) is 4.71. The monoisotopic (exact) mass is 277 g/mol. The van der Waals surface area contributed by atoms with Crippen molar-refractivity contribution >= 4 is 5.91 Å². The second kappa shape index (κ2) is 5.56. The molecular formula is C15H23N3O2. The van der Waals surface area contributed by atoms with Crippen LogP contribution in [0.1, 0.15) is 32.6 Å². The highest BCUT2D eigenvalue weighted by Crippen LogP contribution is 2.34. The van der Waals surface area contributed by atoms with Crippen LogP contribution in [0, 0.1) is 5.41 Å². The van der Waals surface area contributed by atoms with Crippen LogP contribution in [0.25, 0.3) is 0 Å². The number of likely N-dealkylation sites (tertiary alicyclic amines) is 1. The summed E-state index contributed by atoms with van der Waals surface area (Å²) in [5.74, 6) is 0.315. The maximum Gasteiger partial charge on any atom is 0.228 e. The molecule has 1 amide bonds. The van der Waals surface area contributed by atoms with Crippen LogP contribution in [0.4, 0.5) is 0 Å². The second-order valence-electron chi connectivity index (χ2n) is 6.20. The molecule has 0 radical (unpaired) electrons. The van der Waals surface area contributed by atoms with E-state index in [9.17, 15) is 4.79 Å². The van der Waals surface area contributed by atoms with Crippen LogP contribution in [0.3, 0.4) is 0 Å². The third-order valence-corrected chi connectivity index (χ3v) is 4.71. The number of nitrogens with zero attached hydrogens (tertiary/aromatic N) is 3. The van der Waals surface area contributed by atoms with E-state index in [0.29, 0.717) is 25.2 Å². The lowest BCUT2D eigenvalue weighted by atomic mass is 9.81. The quantitative estimate of drug-likeness (QED) is 0.844. The maximum absolute atomic E-state index is 12.9. The molecule has 2 saturated heterocycles. The van der Waals surface area contributed by atoms with E-state index in [4.69, 9.17) is 4.74 Å². The van der Waals surface area contributed by atoms with Gasteiger partial charge in [-0.15, -0.1) is 0 Å². The fourth-order valence-corrected chi connectivity index (χ4v) is 3.30. The van der Waals surface area contributed by atoms with Crippen LogP contribution in [-0.2, 0) is 16.1 Å². The highest BCUT2D eigenvalue weighted by Gasteiger charge is 2.41. The van der Waals surface area contributed by atoms with E-state index >= 15 is 0 Å². The smallest absolute Gasteiger partial charge is 0.228 e. The van der Waals surface area contributed by atoms with E-state index in [1.54, 1.807) is 6.20 Å². The fourth-order valence-electron chi connectivity index (χ4n) is 3.30. The van der Waals surface area contributed by atoms with Crippen LogP contribution < -0.4 is 0 Å². The van der Waals surface area contributed by atoms with Gasteiger partial charge in [0.25, 0.3) is 0 Å². The lowest BCUT2D eigenvalue weighted by Crippen LogP contribution is -2.48. The Balaban J connectivity index is 1.69. The molecule has 1 unspecified atom stereocenters. The lowest BCUT2D eigenvalue weighted by Gasteiger charge is -2.37. The molecule has 0 bridgehead atoms. The number of aromatic nitrogens is 2. The van der Waals surface area contributed by atoms with E-state index in [-0.39, 0.29) is 5.41 Å². The van der Waals surface area contributed by atoms with Gasteiger partial charge in [-0.3, -0.25) is 9.48 Å². The zero-order valence-corrected chi connectivity index (χ0v) is 12.1. The maximum atomic E-state index is 12.9. The predicted octanol–water partition coefficient (Wildman–Crippen LogP) is 1.69. The number of ether oxygens (including phenoxy) is 1. The van der Waals surface area contributed by atoms with Crippen LogP contribution in [0.15, 0.2) is 18.5 Å². The van der Waals surface area contributed by atoms with Crippen LogP contribution >= 0.6 is 0 Å². The SMILES string of the molecule is CC1(C(=O)N2CCCC2Cn2cccn2)CCOCC1. The molecule has 110 valence electrons. The van der Waals surface area contributed by atoms with Crippen LogP contribution in [0.2, 0.25) is 0 Å². The van der Waals surface area contributed by atoms with E-state index in [2.05, 4.69) is 16.9 Å². The standard InChI is InChI=1S/C15H23N3O2/c1-15(5-10-20-11-6-15)14(19)18-9-2-4-13(18)12-17-8-3-7-16-17/h3,7-8,13H,2,4-6,9-12H2,1H3. The Hall–Kier alpha value is -1.36. The van der Waals surface area contributed by atoms with Gasteiger partial charge in [-0.1, -0.05) is 6.92 Å². The van der Waals surface area contributed by atoms with Crippen LogP contribution in [-0.4, -0.2) is 46.4 Å². The number of hydrogen-bond acceptors (Lipinski definition) is 3. The molecule has 5 heteroatoms. The highest BCUT2D eigenvalue weighted by atomic mass is 16.5. The van der Waals surface area contributed by atoms with Gasteiger partial charge in [0.1, 0.15) is 0 Å². The van der Waals surface area contributed by atoms with Crippen molar-refractivity contribution < 1.29 is 9.53 Å². The second-order valence-corrected chi connectivity index (χ2v) is 6.20. The van der Waals surface area contributed by atoms with Crippen molar-refractivity contribution in [1.82, 2.24) is 14.7 Å². The number of carbonyl (C=O) groups is 1. The summed E-state index contributed by atoms with van der Waals surface area (Å²) in [7, 11) is 0. The molecule has 0 N–H and O–H groups in total. The molecule has 3 heterocycles. The summed E-state index contributed by atoms with van der Waals surface area (Å²) in [6.07, 6.45) is 7.63. The number of carbonyl (C=O) groups excluding carboxylic acids is 1. The Bertz CT molecular complexity index is 452. The average Bonchev–Trinajstić information content (AvgIpc) is 3.11. The van der Waals surface area contributed by atoms with E-state index in [1.165, 1.54) is 0 Å². The Morgan fingerprint density at radius 1 is 1.45 bits per heavy atom. The number of rotatable bonds is 3. The normalized spacial score (nSPS) is 25.9. The van der Waals surface area contributed by atoms with Crippen molar-refractivity contribution in [3.63, 3.8) is 0 Å². The molecule has 1 atom stereocenters. The minimum Gasteiger partial charge on any atom is -0.381 e. The van der Waals surface area contributed by atoms with E-state index < -0.39 is 0 Å². The summed E-state index contributed by atoms with van der Waals surface area (Å²) in [6.45, 7) is 5.22. The molecule has 5 nitrogen and oxygen atoms in total. The van der Waals surface area contributed by atoms with Crippen molar-refractivity contribution in [2.75, 3.05) is 19.8 Å². The van der Waals surface area contributed by atoms with Crippen molar-refractivity contribution in [1.29, 1.82) is 0 Å². The molecule has 3 rings (SSSR count). The van der Waals surface area contributed by atoms with Crippen molar-refractivity contribution in [2.45, 2.75) is 45.2 Å². The molecule has 0 saturated carbocycles. The fraction of sp³-hybridized carbons (Fsp3) is 0.733. The summed E-state index contributed by atoms with van der Waals surface area (Å²) >= 11 is 0. The average molecular weight is 277 g/mol. The summed E-state index contributed by atoms with van der Waals surface area (Å²) < 4.78 is 7.34. The lowest BCUT2D eigenvalue weighted by molar-refractivity contribution is -0.147. The molecule has 2 aliphatic heterocycles. The Morgan fingerprint density at radius 2 is 2.25 bits per heavy atom. The first-order valence-corrected chi connectivity index (χ1v) is 7.55. The number of hydrogen-bond donors (Lipinski definition) is 0. The third kappa shape index (κ3) is 2.59. The van der Waals surface area contributed by atoms with Gasteiger partial charge in [-0.05, 0) is 31.7 Å². The minimum absolute atomic E-state index is 0.231. The molecule has 1 aromatic heterocycles. The first-order valence-electron chi connectivity index (χ1n) is 7.55. The molecule has 0 aliphatic carbocycles. The first-order chi connectivity index (χ1) is 9.69. The van der Waals surface area contributed by atoms with Crippen molar-refractivity contribution in [2.24, 2.45) is 5.41 Å². The Labute approximate surface area is 119 Å². The molecule has 1 aromatic rings. The Morgan fingerprint density at radius 3 is 2.95 bits per heavy atom. The van der Waals surface area contributed by atoms with Gasteiger partial charge in [0.05, 0.1) is 18.0 Å². The molecule has 20 heavy (non-hydrogen) atoms. The summed E-state index contributed by atoms with van der Waals surface area (Å²) in [5, 5.41) is 4.26. The van der Waals surface area contributed by atoms with E-state index in [1.807, 2.05) is 16.9 Å². The zero-order valence-electron chi connectivity index (χ0n) is 12.1. The first kappa shape index (κ1) is 13.6. The zero-order chi connectivity index (χ0) is 14.0. The number of amides is 1. The summed E-state index contributed by atoms with van der Waals surface area (Å²) in [5.41, 5.74) is -0.231. The van der Waals surface area contributed by atoms with Gasteiger partial charge < -0.3 is 9.64 Å². The van der Waals surface area contributed by atoms with Gasteiger partial charge >= 0.3 is 0 Å². The Kier molecular flexibility index (Phi) is 3.78. The van der Waals surface area contributed by atoms with Gasteiger partial charge in [-0.25, -0.2) is 0 Å². The van der Waals surface area contributed by atoms with Gasteiger partial charge in [0, 0.05) is 32.2 Å². The molecule has 2 aliphatic rings. The predicted molar refractivity (Wildman–Crippen MR) is 75.1 cm³/mol. The van der Waals surface area contributed by atoms with Crippen molar-refractivity contribution in [3.05, 3.63) is 18.5 Å². The van der Waals surface area contributed by atoms with Gasteiger partial charge in [0.2, 0.25) is 5.91 Å². The molecule has 0 aromatic carbocycles. The topological polar surface area (TPSA) is 47.4 Å². The summed E-state index contributed by atoms with van der Waals surface area (Å²) in [4.78, 5) is 15.0. The highest BCUT2D eigenvalue weighted by molar-refractivity contribution is 5.83.